The molecule has 2 aromatic carbocycles. The molecule has 1 aliphatic carbocycles. The van der Waals surface area contributed by atoms with E-state index in [0.717, 1.165) is 55.4 Å². The molecule has 1 atom stereocenters. The number of ether oxygens (including phenoxy) is 1. The van der Waals surface area contributed by atoms with Crippen LogP contribution in [0.15, 0.2) is 48.5 Å². The molecule has 0 spiro atoms. The average molecular weight is 352 g/mol. The lowest BCUT2D eigenvalue weighted by Crippen LogP contribution is -2.45. The third kappa shape index (κ3) is 4.37. The molecule has 1 heterocycles. The van der Waals surface area contributed by atoms with E-state index >= 15 is 0 Å². The third-order valence-electron chi connectivity index (χ3n) is 5.46. The van der Waals surface area contributed by atoms with Crippen LogP contribution in [-0.2, 0) is 6.61 Å². The van der Waals surface area contributed by atoms with Gasteiger partial charge in [0.25, 0.3) is 0 Å². The molecule has 26 heavy (non-hydrogen) atoms. The first-order valence-electron chi connectivity index (χ1n) is 9.74. The zero-order valence-corrected chi connectivity index (χ0v) is 15.2. The summed E-state index contributed by atoms with van der Waals surface area (Å²) in [5.41, 5.74) is 2.18. The number of benzene rings is 2. The van der Waals surface area contributed by atoms with Gasteiger partial charge < -0.3 is 15.2 Å². The fourth-order valence-corrected chi connectivity index (χ4v) is 3.77. The number of phenols is 1. The Hall–Kier alpha value is -2.04. The summed E-state index contributed by atoms with van der Waals surface area (Å²) in [5, 5.41) is 14.1. The number of nitrogens with one attached hydrogen (secondary N) is 1. The molecule has 0 aromatic heterocycles. The summed E-state index contributed by atoms with van der Waals surface area (Å²) in [6.07, 6.45) is 3.82. The summed E-state index contributed by atoms with van der Waals surface area (Å²) in [5.74, 6) is 1.91. The van der Waals surface area contributed by atoms with E-state index < -0.39 is 0 Å². The van der Waals surface area contributed by atoms with Crippen molar-refractivity contribution in [3.8, 4) is 11.5 Å². The Balaban J connectivity index is 1.47. The Morgan fingerprint density at radius 2 is 1.85 bits per heavy atom. The molecule has 2 fully saturated rings. The van der Waals surface area contributed by atoms with E-state index in [-0.39, 0.29) is 0 Å². The van der Waals surface area contributed by atoms with Gasteiger partial charge in [-0.25, -0.2) is 0 Å². The van der Waals surface area contributed by atoms with Crippen LogP contribution in [0.4, 0.5) is 0 Å². The SMILES string of the molecule is Oc1cc(OCc2ccccc2)ccc1[C@@H](CC1CC1)N1CCNCC1. The van der Waals surface area contributed by atoms with Gasteiger partial charge in [0.15, 0.2) is 0 Å². The largest absolute Gasteiger partial charge is 0.507 e. The first-order chi connectivity index (χ1) is 12.8. The van der Waals surface area contributed by atoms with Gasteiger partial charge in [-0.3, -0.25) is 4.90 Å². The second-order valence-corrected chi connectivity index (χ2v) is 7.48. The van der Waals surface area contributed by atoms with Crippen molar-refractivity contribution in [3.63, 3.8) is 0 Å². The van der Waals surface area contributed by atoms with Crippen LogP contribution in [-0.4, -0.2) is 36.2 Å². The standard InChI is InChI=1S/C22H28N2O2/c25-22-15-19(26-16-18-4-2-1-3-5-18)8-9-20(22)21(14-17-6-7-17)24-12-10-23-11-13-24/h1-5,8-9,15,17,21,23,25H,6-7,10-14,16H2/t21-/m1/s1. The average Bonchev–Trinajstić information content (AvgIpc) is 3.51. The second kappa shape index (κ2) is 8.11. The molecule has 4 nitrogen and oxygen atoms in total. The molecule has 4 heteroatoms. The summed E-state index contributed by atoms with van der Waals surface area (Å²) in [7, 11) is 0. The van der Waals surface area contributed by atoms with Gasteiger partial charge in [-0.1, -0.05) is 49.2 Å². The van der Waals surface area contributed by atoms with E-state index in [1.807, 2.05) is 36.4 Å². The van der Waals surface area contributed by atoms with Crippen molar-refractivity contribution >= 4 is 0 Å². The van der Waals surface area contributed by atoms with E-state index in [9.17, 15) is 5.11 Å². The molecule has 0 amide bonds. The molecule has 0 bridgehead atoms. The topological polar surface area (TPSA) is 44.7 Å². The van der Waals surface area contributed by atoms with Crippen LogP contribution in [0, 0.1) is 5.92 Å². The Morgan fingerprint density at radius 3 is 2.54 bits per heavy atom. The van der Waals surface area contributed by atoms with Crippen molar-refractivity contribution in [2.75, 3.05) is 26.2 Å². The molecule has 2 aromatic rings. The number of nitrogens with zero attached hydrogens (tertiary/aromatic N) is 1. The van der Waals surface area contributed by atoms with E-state index in [2.05, 4.69) is 16.3 Å². The minimum atomic E-state index is 0.313. The number of piperazine rings is 1. The summed E-state index contributed by atoms with van der Waals surface area (Å²) >= 11 is 0. The molecule has 1 aliphatic heterocycles. The lowest BCUT2D eigenvalue weighted by atomic mass is 9.97. The van der Waals surface area contributed by atoms with E-state index in [4.69, 9.17) is 4.74 Å². The lowest BCUT2D eigenvalue weighted by molar-refractivity contribution is 0.158. The summed E-state index contributed by atoms with van der Waals surface area (Å²) in [6.45, 7) is 4.66. The maximum atomic E-state index is 10.7. The van der Waals surface area contributed by atoms with Crippen molar-refractivity contribution in [2.45, 2.75) is 31.9 Å². The summed E-state index contributed by atoms with van der Waals surface area (Å²) in [4.78, 5) is 2.52. The lowest BCUT2D eigenvalue weighted by Gasteiger charge is -2.35. The van der Waals surface area contributed by atoms with E-state index in [1.54, 1.807) is 6.07 Å². The fraction of sp³-hybridized carbons (Fsp3) is 0.455. The Labute approximate surface area is 155 Å². The first-order valence-corrected chi connectivity index (χ1v) is 9.74. The smallest absolute Gasteiger partial charge is 0.124 e. The highest BCUT2D eigenvalue weighted by Gasteiger charge is 2.31. The monoisotopic (exact) mass is 352 g/mol. The zero-order valence-electron chi connectivity index (χ0n) is 15.2. The van der Waals surface area contributed by atoms with Crippen LogP contribution in [0.3, 0.4) is 0 Å². The van der Waals surface area contributed by atoms with Crippen LogP contribution in [0.25, 0.3) is 0 Å². The van der Waals surface area contributed by atoms with Gasteiger partial charge in [0.2, 0.25) is 0 Å². The predicted molar refractivity (Wildman–Crippen MR) is 103 cm³/mol. The second-order valence-electron chi connectivity index (χ2n) is 7.48. The van der Waals surface area contributed by atoms with Gasteiger partial charge in [0.1, 0.15) is 18.1 Å². The van der Waals surface area contributed by atoms with Crippen LogP contribution in [0.2, 0.25) is 0 Å². The van der Waals surface area contributed by atoms with Crippen LogP contribution < -0.4 is 10.1 Å². The molecule has 0 radical (unpaired) electrons. The molecule has 2 N–H and O–H groups in total. The molecule has 1 saturated carbocycles. The zero-order chi connectivity index (χ0) is 17.8. The first kappa shape index (κ1) is 17.4. The number of phenolic OH excluding ortho intramolecular Hbond substituents is 1. The molecule has 138 valence electrons. The molecule has 4 rings (SSSR count). The molecule has 2 aliphatic rings. The van der Waals surface area contributed by atoms with E-state index in [1.165, 1.54) is 12.8 Å². The highest BCUT2D eigenvalue weighted by molar-refractivity contribution is 5.42. The predicted octanol–water partition coefficient (Wildman–Crippen LogP) is 3.72. The quantitative estimate of drug-likeness (QED) is 0.797. The Bertz CT molecular complexity index is 709. The van der Waals surface area contributed by atoms with Crippen LogP contribution in [0.1, 0.15) is 36.4 Å². The number of hydrogen-bond donors (Lipinski definition) is 2. The van der Waals surface area contributed by atoms with Gasteiger partial charge in [0.05, 0.1) is 0 Å². The van der Waals surface area contributed by atoms with Gasteiger partial charge >= 0.3 is 0 Å². The Morgan fingerprint density at radius 1 is 1.08 bits per heavy atom. The maximum Gasteiger partial charge on any atom is 0.124 e. The number of aromatic hydroxyl groups is 1. The van der Waals surface area contributed by atoms with Crippen molar-refractivity contribution in [1.29, 1.82) is 0 Å². The molecular formula is C22H28N2O2. The number of rotatable bonds is 7. The van der Waals surface area contributed by atoms with Crippen molar-refractivity contribution in [2.24, 2.45) is 5.92 Å². The summed E-state index contributed by atoms with van der Waals surface area (Å²) in [6, 6.07) is 16.3. The summed E-state index contributed by atoms with van der Waals surface area (Å²) < 4.78 is 5.86. The van der Waals surface area contributed by atoms with Gasteiger partial charge in [-0.15, -0.1) is 0 Å². The normalized spacial score (nSPS) is 19.2. The molecular weight excluding hydrogens is 324 g/mol. The highest BCUT2D eigenvalue weighted by Crippen LogP contribution is 2.42. The fourth-order valence-electron chi connectivity index (χ4n) is 3.77. The van der Waals surface area contributed by atoms with Gasteiger partial charge in [-0.05, 0) is 24.0 Å². The molecule has 0 unspecified atom stereocenters. The minimum absolute atomic E-state index is 0.313. The van der Waals surface area contributed by atoms with Crippen molar-refractivity contribution < 1.29 is 9.84 Å². The van der Waals surface area contributed by atoms with Crippen LogP contribution >= 0.6 is 0 Å². The maximum absolute atomic E-state index is 10.7. The minimum Gasteiger partial charge on any atom is -0.507 e. The Kier molecular flexibility index (Phi) is 5.42. The van der Waals surface area contributed by atoms with Crippen molar-refractivity contribution in [3.05, 3.63) is 59.7 Å². The van der Waals surface area contributed by atoms with E-state index in [0.29, 0.717) is 18.4 Å². The van der Waals surface area contributed by atoms with Crippen molar-refractivity contribution in [1.82, 2.24) is 10.2 Å². The highest BCUT2D eigenvalue weighted by atomic mass is 16.5. The van der Waals surface area contributed by atoms with Crippen LogP contribution in [0.5, 0.6) is 11.5 Å². The molecule has 1 saturated heterocycles. The third-order valence-corrected chi connectivity index (χ3v) is 5.46. The number of hydrogen-bond acceptors (Lipinski definition) is 4. The van der Waals surface area contributed by atoms with Gasteiger partial charge in [0, 0.05) is 43.9 Å². The van der Waals surface area contributed by atoms with Gasteiger partial charge in [-0.2, -0.15) is 0 Å².